The maximum absolute atomic E-state index is 12.1. The first-order chi connectivity index (χ1) is 10.7. The Bertz CT molecular complexity index is 716. The molecule has 22 heavy (non-hydrogen) atoms. The predicted octanol–water partition coefficient (Wildman–Crippen LogP) is 0.162. The number of carbonyl (C=O) groups excluding carboxylic acids is 1. The summed E-state index contributed by atoms with van der Waals surface area (Å²) in [4.78, 5) is 21.9. The number of aromatic nitrogens is 4. The van der Waals surface area contributed by atoms with Crippen LogP contribution in [0.5, 0.6) is 0 Å². The van der Waals surface area contributed by atoms with E-state index in [1.165, 1.54) is 0 Å². The second-order valence-electron chi connectivity index (χ2n) is 5.20. The second-order valence-corrected chi connectivity index (χ2v) is 5.20. The summed E-state index contributed by atoms with van der Waals surface area (Å²) in [6, 6.07) is -0.0336. The molecule has 0 bridgehead atoms. The SMILES string of the molecule is Cn1cc(-c2cnc(C(=O)N[C@@H]3CCN(C#N)C3)nc2)cn1. The van der Waals surface area contributed by atoms with Crippen LogP contribution in [0, 0.1) is 11.5 Å². The van der Waals surface area contributed by atoms with Crippen molar-refractivity contribution in [1.29, 1.82) is 5.26 Å². The normalized spacial score (nSPS) is 17.3. The molecule has 1 amide bonds. The lowest BCUT2D eigenvalue weighted by molar-refractivity contribution is 0.0928. The molecule has 2 aromatic heterocycles. The lowest BCUT2D eigenvalue weighted by Gasteiger charge is -2.11. The van der Waals surface area contributed by atoms with E-state index in [0.29, 0.717) is 13.1 Å². The monoisotopic (exact) mass is 297 g/mol. The zero-order valence-corrected chi connectivity index (χ0v) is 12.1. The van der Waals surface area contributed by atoms with Gasteiger partial charge in [0.25, 0.3) is 5.91 Å². The minimum Gasteiger partial charge on any atom is -0.345 e. The summed E-state index contributed by atoms with van der Waals surface area (Å²) in [6.07, 6.45) is 9.62. The second kappa shape index (κ2) is 5.81. The molecule has 0 saturated carbocycles. The molecule has 2 aromatic rings. The molecule has 8 heteroatoms. The fraction of sp³-hybridized carbons (Fsp3) is 0.357. The zero-order valence-electron chi connectivity index (χ0n) is 12.1. The lowest BCUT2D eigenvalue weighted by atomic mass is 10.2. The zero-order chi connectivity index (χ0) is 15.5. The molecule has 0 radical (unpaired) electrons. The average molecular weight is 297 g/mol. The number of carbonyl (C=O) groups is 1. The Morgan fingerprint density at radius 2 is 2.14 bits per heavy atom. The van der Waals surface area contributed by atoms with Gasteiger partial charge in [-0.25, -0.2) is 9.97 Å². The van der Waals surface area contributed by atoms with E-state index >= 15 is 0 Å². The molecule has 1 saturated heterocycles. The molecule has 0 aromatic carbocycles. The molecule has 1 atom stereocenters. The van der Waals surface area contributed by atoms with Gasteiger partial charge in [0.2, 0.25) is 5.82 Å². The average Bonchev–Trinajstić information content (AvgIpc) is 3.16. The summed E-state index contributed by atoms with van der Waals surface area (Å²) in [5, 5.41) is 15.7. The van der Waals surface area contributed by atoms with E-state index in [-0.39, 0.29) is 17.8 Å². The Hall–Kier alpha value is -2.95. The summed E-state index contributed by atoms with van der Waals surface area (Å²) < 4.78 is 1.69. The van der Waals surface area contributed by atoms with Crippen LogP contribution >= 0.6 is 0 Å². The highest BCUT2D eigenvalue weighted by atomic mass is 16.2. The number of nitrogens with zero attached hydrogens (tertiary/aromatic N) is 6. The van der Waals surface area contributed by atoms with Crippen molar-refractivity contribution in [3.05, 3.63) is 30.6 Å². The van der Waals surface area contributed by atoms with E-state index in [9.17, 15) is 4.79 Å². The third-order valence-corrected chi connectivity index (χ3v) is 3.56. The number of hydrogen-bond donors (Lipinski definition) is 1. The van der Waals surface area contributed by atoms with Crippen molar-refractivity contribution in [1.82, 2.24) is 30.0 Å². The number of nitriles is 1. The maximum atomic E-state index is 12.1. The molecule has 112 valence electrons. The highest BCUT2D eigenvalue weighted by Crippen LogP contribution is 2.15. The molecule has 1 fully saturated rings. The number of hydrogen-bond acceptors (Lipinski definition) is 6. The van der Waals surface area contributed by atoms with Gasteiger partial charge >= 0.3 is 0 Å². The minimum atomic E-state index is -0.317. The van der Waals surface area contributed by atoms with Crippen LogP contribution in [0.25, 0.3) is 11.1 Å². The molecular weight excluding hydrogens is 282 g/mol. The van der Waals surface area contributed by atoms with Gasteiger partial charge in [0.1, 0.15) is 0 Å². The number of nitrogens with one attached hydrogen (secondary N) is 1. The van der Waals surface area contributed by atoms with Crippen molar-refractivity contribution in [2.24, 2.45) is 7.05 Å². The largest absolute Gasteiger partial charge is 0.345 e. The van der Waals surface area contributed by atoms with Crippen molar-refractivity contribution in [2.75, 3.05) is 13.1 Å². The fourth-order valence-electron chi connectivity index (χ4n) is 2.38. The Balaban J connectivity index is 1.65. The summed E-state index contributed by atoms with van der Waals surface area (Å²) in [5.41, 5.74) is 1.70. The minimum absolute atomic E-state index is 0.0336. The first kappa shape index (κ1) is 14.0. The molecule has 1 N–H and O–H groups in total. The van der Waals surface area contributed by atoms with Crippen LogP contribution in [-0.2, 0) is 7.05 Å². The number of rotatable bonds is 3. The topological polar surface area (TPSA) is 99.7 Å². The van der Waals surface area contributed by atoms with Crippen LogP contribution in [0.1, 0.15) is 17.0 Å². The third kappa shape index (κ3) is 2.88. The molecule has 0 aliphatic carbocycles. The van der Waals surface area contributed by atoms with Crippen molar-refractivity contribution in [3.63, 3.8) is 0 Å². The molecule has 3 heterocycles. The van der Waals surface area contributed by atoms with Gasteiger partial charge in [-0.1, -0.05) is 0 Å². The molecule has 1 aliphatic rings. The fourth-order valence-corrected chi connectivity index (χ4v) is 2.38. The predicted molar refractivity (Wildman–Crippen MR) is 77.3 cm³/mol. The number of amides is 1. The van der Waals surface area contributed by atoms with Crippen molar-refractivity contribution in [3.8, 4) is 17.3 Å². The van der Waals surface area contributed by atoms with Crippen LogP contribution in [0.3, 0.4) is 0 Å². The molecule has 1 aliphatic heterocycles. The highest BCUT2D eigenvalue weighted by molar-refractivity contribution is 5.90. The first-order valence-electron chi connectivity index (χ1n) is 6.92. The standard InChI is InChI=1S/C14H15N7O/c1-20-7-11(6-18-20)10-4-16-13(17-5-10)14(22)19-12-2-3-21(8-12)9-15/h4-7,12H,2-3,8H2,1H3,(H,19,22)/t12-/m1/s1. The first-order valence-corrected chi connectivity index (χ1v) is 6.92. The molecular formula is C14H15N7O. The highest BCUT2D eigenvalue weighted by Gasteiger charge is 2.24. The van der Waals surface area contributed by atoms with Crippen LogP contribution in [0.4, 0.5) is 0 Å². The van der Waals surface area contributed by atoms with Crippen molar-refractivity contribution >= 4 is 5.91 Å². The van der Waals surface area contributed by atoms with Crippen LogP contribution in [0.2, 0.25) is 0 Å². The van der Waals surface area contributed by atoms with E-state index in [2.05, 4.69) is 26.6 Å². The third-order valence-electron chi connectivity index (χ3n) is 3.56. The smallest absolute Gasteiger partial charge is 0.289 e. The van der Waals surface area contributed by atoms with Gasteiger partial charge in [0.05, 0.1) is 6.20 Å². The number of aryl methyl sites for hydroxylation is 1. The van der Waals surface area contributed by atoms with Gasteiger partial charge in [0.15, 0.2) is 6.19 Å². The van der Waals surface area contributed by atoms with E-state index in [0.717, 1.165) is 17.5 Å². The summed E-state index contributed by atoms with van der Waals surface area (Å²) in [5.74, 6) is -0.189. The quantitative estimate of drug-likeness (QED) is 0.810. The van der Waals surface area contributed by atoms with Crippen LogP contribution in [0.15, 0.2) is 24.8 Å². The van der Waals surface area contributed by atoms with Crippen LogP contribution < -0.4 is 5.32 Å². The molecule has 0 spiro atoms. The van der Waals surface area contributed by atoms with E-state index in [4.69, 9.17) is 5.26 Å². The Morgan fingerprint density at radius 3 is 2.73 bits per heavy atom. The van der Waals surface area contributed by atoms with Gasteiger partial charge in [-0.2, -0.15) is 10.4 Å². The Kier molecular flexibility index (Phi) is 3.70. The van der Waals surface area contributed by atoms with Gasteiger partial charge in [-0.15, -0.1) is 0 Å². The summed E-state index contributed by atoms with van der Waals surface area (Å²) >= 11 is 0. The van der Waals surface area contributed by atoms with Crippen molar-refractivity contribution in [2.45, 2.75) is 12.5 Å². The lowest BCUT2D eigenvalue weighted by Crippen LogP contribution is -2.37. The Labute approximate surface area is 127 Å². The van der Waals surface area contributed by atoms with Gasteiger partial charge in [0, 0.05) is 55.9 Å². The molecule has 8 nitrogen and oxygen atoms in total. The summed E-state index contributed by atoms with van der Waals surface area (Å²) in [7, 11) is 1.83. The molecule has 3 rings (SSSR count). The molecule has 0 unspecified atom stereocenters. The van der Waals surface area contributed by atoms with Gasteiger partial charge in [-0.3, -0.25) is 9.48 Å². The Morgan fingerprint density at radius 1 is 1.36 bits per heavy atom. The van der Waals surface area contributed by atoms with Gasteiger partial charge in [-0.05, 0) is 6.42 Å². The van der Waals surface area contributed by atoms with E-state index in [1.807, 2.05) is 13.2 Å². The van der Waals surface area contributed by atoms with Crippen LogP contribution in [-0.4, -0.2) is 49.7 Å². The van der Waals surface area contributed by atoms with E-state index < -0.39 is 0 Å². The van der Waals surface area contributed by atoms with Crippen molar-refractivity contribution < 1.29 is 4.79 Å². The maximum Gasteiger partial charge on any atom is 0.289 e. The summed E-state index contributed by atoms with van der Waals surface area (Å²) in [6.45, 7) is 1.21. The van der Waals surface area contributed by atoms with Gasteiger partial charge < -0.3 is 10.2 Å². The number of likely N-dealkylation sites (tertiary alicyclic amines) is 1. The van der Waals surface area contributed by atoms with E-state index in [1.54, 1.807) is 28.2 Å².